The fraction of sp³-hybridized carbons (Fsp3) is 0.167. The number of thiazole rings is 1. The Bertz CT molecular complexity index is 1000. The molecular formula is C18H15N3O5S. The lowest BCUT2D eigenvalue weighted by Crippen LogP contribution is -1.97. The molecule has 4 rings (SSSR count). The maximum Gasteiger partial charge on any atom is 0.311 e. The van der Waals surface area contributed by atoms with E-state index < -0.39 is 4.92 Å². The summed E-state index contributed by atoms with van der Waals surface area (Å²) in [4.78, 5) is 15.4. The maximum atomic E-state index is 11.3. The molecule has 0 bridgehead atoms. The molecule has 8 nitrogen and oxygen atoms in total. The Balaban J connectivity index is 1.57. The van der Waals surface area contributed by atoms with Crippen molar-refractivity contribution in [3.63, 3.8) is 0 Å². The Morgan fingerprint density at radius 3 is 2.93 bits per heavy atom. The first-order chi connectivity index (χ1) is 13.1. The molecule has 9 heteroatoms. The maximum absolute atomic E-state index is 11.3. The Hall–Kier alpha value is -3.33. The zero-order valence-corrected chi connectivity index (χ0v) is 15.1. The number of ether oxygens (including phenoxy) is 3. The van der Waals surface area contributed by atoms with Crippen molar-refractivity contribution < 1.29 is 19.1 Å². The lowest BCUT2D eigenvalue weighted by atomic mass is 10.1. The highest BCUT2D eigenvalue weighted by atomic mass is 32.1. The molecule has 2 aromatic carbocycles. The highest BCUT2D eigenvalue weighted by Crippen LogP contribution is 2.37. The number of nitro groups is 1. The first kappa shape index (κ1) is 17.1. The number of hydrogen-bond donors (Lipinski definition) is 1. The van der Waals surface area contributed by atoms with Gasteiger partial charge in [0.1, 0.15) is 0 Å². The van der Waals surface area contributed by atoms with E-state index in [9.17, 15) is 10.1 Å². The van der Waals surface area contributed by atoms with Gasteiger partial charge in [0.25, 0.3) is 0 Å². The summed E-state index contributed by atoms with van der Waals surface area (Å²) in [5.74, 6) is 1.64. The molecule has 1 aliphatic rings. The molecule has 0 radical (unpaired) electrons. The van der Waals surface area contributed by atoms with Gasteiger partial charge in [0.2, 0.25) is 6.79 Å². The van der Waals surface area contributed by atoms with Crippen molar-refractivity contribution in [3.8, 4) is 28.5 Å². The van der Waals surface area contributed by atoms with Crippen LogP contribution in [0.5, 0.6) is 17.2 Å². The molecule has 1 N–H and O–H groups in total. The van der Waals surface area contributed by atoms with Crippen LogP contribution in [0.25, 0.3) is 11.3 Å². The second-order valence-corrected chi connectivity index (χ2v) is 6.46. The third-order valence-electron chi connectivity index (χ3n) is 3.88. The summed E-state index contributed by atoms with van der Waals surface area (Å²) < 4.78 is 16.0. The topological polar surface area (TPSA) is 95.8 Å². The van der Waals surface area contributed by atoms with Gasteiger partial charge in [-0.05, 0) is 31.2 Å². The average molecular weight is 385 g/mol. The minimum atomic E-state index is -0.452. The van der Waals surface area contributed by atoms with Gasteiger partial charge in [-0.15, -0.1) is 11.3 Å². The van der Waals surface area contributed by atoms with Crippen molar-refractivity contribution in [2.45, 2.75) is 6.92 Å². The Morgan fingerprint density at radius 2 is 2.11 bits per heavy atom. The number of benzene rings is 2. The number of aromatic nitrogens is 1. The first-order valence-corrected chi connectivity index (χ1v) is 9.06. The van der Waals surface area contributed by atoms with Crippen LogP contribution in [0.2, 0.25) is 0 Å². The van der Waals surface area contributed by atoms with Gasteiger partial charge in [-0.2, -0.15) is 0 Å². The lowest BCUT2D eigenvalue weighted by Gasteiger charge is -2.05. The number of fused-ring (bicyclic) bond motifs is 1. The van der Waals surface area contributed by atoms with Crippen LogP contribution in [0.15, 0.2) is 41.8 Å². The van der Waals surface area contributed by atoms with Crippen LogP contribution >= 0.6 is 11.3 Å². The molecule has 138 valence electrons. The summed E-state index contributed by atoms with van der Waals surface area (Å²) in [6, 6.07) is 10.4. The molecule has 0 amide bonds. The monoisotopic (exact) mass is 385 g/mol. The minimum Gasteiger partial charge on any atom is -0.487 e. The number of nitrogens with zero attached hydrogens (tertiary/aromatic N) is 2. The smallest absolute Gasteiger partial charge is 0.311 e. The van der Waals surface area contributed by atoms with E-state index in [-0.39, 0.29) is 18.2 Å². The van der Waals surface area contributed by atoms with E-state index in [0.717, 1.165) is 5.69 Å². The largest absolute Gasteiger partial charge is 0.487 e. The van der Waals surface area contributed by atoms with Crippen molar-refractivity contribution in [2.75, 3.05) is 18.7 Å². The second kappa shape index (κ2) is 7.12. The van der Waals surface area contributed by atoms with Gasteiger partial charge in [0.05, 0.1) is 17.2 Å². The van der Waals surface area contributed by atoms with Gasteiger partial charge < -0.3 is 19.5 Å². The molecule has 0 atom stereocenters. The predicted molar refractivity (Wildman–Crippen MR) is 101 cm³/mol. The van der Waals surface area contributed by atoms with E-state index in [4.69, 9.17) is 14.2 Å². The van der Waals surface area contributed by atoms with E-state index in [1.807, 2.05) is 23.6 Å². The molecule has 0 unspecified atom stereocenters. The molecule has 0 saturated carbocycles. The number of rotatable bonds is 6. The van der Waals surface area contributed by atoms with Crippen molar-refractivity contribution in [1.29, 1.82) is 0 Å². The van der Waals surface area contributed by atoms with Crippen LogP contribution in [0.3, 0.4) is 0 Å². The van der Waals surface area contributed by atoms with Crippen LogP contribution in [-0.4, -0.2) is 23.3 Å². The molecule has 1 aliphatic heterocycles. The molecular weight excluding hydrogens is 370 g/mol. The normalized spacial score (nSPS) is 12.0. The minimum absolute atomic E-state index is 0.0763. The third kappa shape index (κ3) is 3.49. The van der Waals surface area contributed by atoms with Gasteiger partial charge in [-0.3, -0.25) is 10.1 Å². The van der Waals surface area contributed by atoms with Crippen LogP contribution < -0.4 is 19.5 Å². The lowest BCUT2D eigenvalue weighted by molar-refractivity contribution is -0.385. The zero-order chi connectivity index (χ0) is 18.8. The highest BCUT2D eigenvalue weighted by Gasteiger charge is 2.18. The van der Waals surface area contributed by atoms with Crippen molar-refractivity contribution in [3.05, 3.63) is 51.9 Å². The molecule has 27 heavy (non-hydrogen) atoms. The van der Waals surface area contributed by atoms with Crippen LogP contribution in [0, 0.1) is 10.1 Å². The van der Waals surface area contributed by atoms with Crippen molar-refractivity contribution >= 4 is 27.8 Å². The Labute approximate surface area is 158 Å². The fourth-order valence-electron chi connectivity index (χ4n) is 2.66. The van der Waals surface area contributed by atoms with Gasteiger partial charge in [0, 0.05) is 28.8 Å². The van der Waals surface area contributed by atoms with E-state index in [1.165, 1.54) is 17.4 Å². The van der Waals surface area contributed by atoms with Gasteiger partial charge in [0.15, 0.2) is 22.4 Å². The summed E-state index contributed by atoms with van der Waals surface area (Å²) in [6.07, 6.45) is 0. The molecule has 0 saturated heterocycles. The highest BCUT2D eigenvalue weighted by molar-refractivity contribution is 7.14. The number of nitrogens with one attached hydrogen (secondary N) is 1. The van der Waals surface area contributed by atoms with Gasteiger partial charge >= 0.3 is 5.69 Å². The quantitative estimate of drug-likeness (QED) is 0.490. The molecule has 2 heterocycles. The van der Waals surface area contributed by atoms with Crippen LogP contribution in [0.4, 0.5) is 16.5 Å². The first-order valence-electron chi connectivity index (χ1n) is 8.18. The average Bonchev–Trinajstić information content (AvgIpc) is 3.31. The third-order valence-corrected chi connectivity index (χ3v) is 4.64. The second-order valence-electron chi connectivity index (χ2n) is 5.60. The fourth-order valence-corrected chi connectivity index (χ4v) is 3.40. The molecule has 0 fully saturated rings. The summed E-state index contributed by atoms with van der Waals surface area (Å²) in [5, 5.41) is 17.0. The van der Waals surface area contributed by atoms with Gasteiger partial charge in [-0.1, -0.05) is 0 Å². The van der Waals surface area contributed by atoms with Crippen LogP contribution in [-0.2, 0) is 0 Å². The van der Waals surface area contributed by atoms with Crippen LogP contribution in [0.1, 0.15) is 6.92 Å². The summed E-state index contributed by atoms with van der Waals surface area (Å²) in [6.45, 7) is 2.36. The summed E-state index contributed by atoms with van der Waals surface area (Å²) in [5.41, 5.74) is 2.04. The number of nitro benzene ring substituents is 1. The van der Waals surface area contributed by atoms with E-state index in [0.29, 0.717) is 34.5 Å². The molecule has 3 aromatic rings. The Morgan fingerprint density at radius 1 is 1.26 bits per heavy atom. The molecule has 0 aliphatic carbocycles. The van der Waals surface area contributed by atoms with E-state index >= 15 is 0 Å². The molecule has 0 spiro atoms. The number of hydrogen-bond acceptors (Lipinski definition) is 8. The Kier molecular flexibility index (Phi) is 4.51. The SMILES string of the molecule is CCOc1ccc(-c2csc(Nc3ccc4c(c3)OCO4)n2)cc1[N+](=O)[O-]. The van der Waals surface area contributed by atoms with E-state index in [2.05, 4.69) is 10.3 Å². The predicted octanol–water partition coefficient (Wildman–Crippen LogP) is 4.59. The standard InChI is InChI=1S/C18H15N3O5S/c1-2-24-15-5-3-11(7-14(15)21(22)23)13-9-27-18(20-13)19-12-4-6-16-17(8-12)26-10-25-16/h3-9H,2,10H2,1H3,(H,19,20). The zero-order valence-electron chi connectivity index (χ0n) is 14.3. The molecule has 1 aromatic heterocycles. The van der Waals surface area contributed by atoms with Crippen molar-refractivity contribution in [2.24, 2.45) is 0 Å². The summed E-state index contributed by atoms with van der Waals surface area (Å²) >= 11 is 1.41. The number of anilines is 2. The van der Waals surface area contributed by atoms with Gasteiger partial charge in [-0.25, -0.2) is 4.98 Å². The summed E-state index contributed by atoms with van der Waals surface area (Å²) in [7, 11) is 0. The van der Waals surface area contributed by atoms with E-state index in [1.54, 1.807) is 19.1 Å². The van der Waals surface area contributed by atoms with Crippen molar-refractivity contribution in [1.82, 2.24) is 4.98 Å².